The molecular formula is C19H20BrN3O3. The summed E-state index contributed by atoms with van der Waals surface area (Å²) >= 11 is 3.43. The number of rotatable bonds is 6. The van der Waals surface area contributed by atoms with Gasteiger partial charge in [-0.15, -0.1) is 0 Å². The second kappa shape index (κ2) is 9.72. The smallest absolute Gasteiger partial charge is 0.329 e. The minimum absolute atomic E-state index is 0.556. The SMILES string of the molecule is CCCOc1ccc(/C=N\NC(=O)C(=O)Nc2cccc(C)c2)cc1Br. The highest BCUT2D eigenvalue weighted by atomic mass is 79.9. The van der Waals surface area contributed by atoms with E-state index in [-0.39, 0.29) is 0 Å². The van der Waals surface area contributed by atoms with Gasteiger partial charge in [0.15, 0.2) is 0 Å². The van der Waals surface area contributed by atoms with Crippen molar-refractivity contribution in [2.24, 2.45) is 5.10 Å². The number of nitrogens with one attached hydrogen (secondary N) is 2. The first-order valence-corrected chi connectivity index (χ1v) is 8.92. The topological polar surface area (TPSA) is 79.8 Å². The van der Waals surface area contributed by atoms with Gasteiger partial charge in [-0.25, -0.2) is 5.43 Å². The molecule has 26 heavy (non-hydrogen) atoms. The van der Waals surface area contributed by atoms with Crippen molar-refractivity contribution in [1.29, 1.82) is 0 Å². The Bertz CT molecular complexity index is 821. The summed E-state index contributed by atoms with van der Waals surface area (Å²) in [7, 11) is 0. The minimum atomic E-state index is -0.843. The maximum absolute atomic E-state index is 11.8. The van der Waals surface area contributed by atoms with Gasteiger partial charge < -0.3 is 10.1 Å². The number of halogens is 1. The van der Waals surface area contributed by atoms with E-state index in [1.165, 1.54) is 6.21 Å². The van der Waals surface area contributed by atoms with E-state index in [0.29, 0.717) is 12.3 Å². The van der Waals surface area contributed by atoms with E-state index in [0.717, 1.165) is 27.8 Å². The summed E-state index contributed by atoms with van der Waals surface area (Å²) in [5.41, 5.74) is 4.50. The van der Waals surface area contributed by atoms with Crippen LogP contribution in [0.15, 0.2) is 52.0 Å². The molecule has 2 rings (SSSR count). The molecule has 2 aromatic carbocycles. The number of hydrogen-bond acceptors (Lipinski definition) is 4. The summed E-state index contributed by atoms with van der Waals surface area (Å²) in [4.78, 5) is 23.6. The van der Waals surface area contributed by atoms with Gasteiger partial charge in [0.25, 0.3) is 0 Å². The van der Waals surface area contributed by atoms with Crippen molar-refractivity contribution in [2.45, 2.75) is 20.3 Å². The van der Waals surface area contributed by atoms with Crippen molar-refractivity contribution in [3.8, 4) is 5.75 Å². The normalized spacial score (nSPS) is 10.6. The van der Waals surface area contributed by atoms with Crippen LogP contribution in [0.5, 0.6) is 5.75 Å². The Morgan fingerprint density at radius 3 is 2.69 bits per heavy atom. The summed E-state index contributed by atoms with van der Waals surface area (Å²) in [6.07, 6.45) is 2.37. The molecule has 0 aliphatic rings. The van der Waals surface area contributed by atoms with E-state index in [4.69, 9.17) is 4.74 Å². The highest BCUT2D eigenvalue weighted by Gasteiger charge is 2.12. The van der Waals surface area contributed by atoms with Crippen LogP contribution in [0.4, 0.5) is 5.69 Å². The molecule has 0 saturated heterocycles. The second-order valence-corrected chi connectivity index (χ2v) is 6.42. The van der Waals surface area contributed by atoms with Gasteiger partial charge >= 0.3 is 11.8 Å². The van der Waals surface area contributed by atoms with Crippen LogP contribution in [0.3, 0.4) is 0 Å². The molecule has 0 fully saturated rings. The number of amides is 2. The fraction of sp³-hybridized carbons (Fsp3) is 0.211. The fourth-order valence-electron chi connectivity index (χ4n) is 2.05. The minimum Gasteiger partial charge on any atom is -0.492 e. The van der Waals surface area contributed by atoms with E-state index in [1.807, 2.05) is 32.0 Å². The molecule has 2 amide bonds. The van der Waals surface area contributed by atoms with Crippen molar-refractivity contribution in [1.82, 2.24) is 5.43 Å². The third-order valence-electron chi connectivity index (χ3n) is 3.28. The van der Waals surface area contributed by atoms with Crippen molar-refractivity contribution in [2.75, 3.05) is 11.9 Å². The Labute approximate surface area is 160 Å². The predicted molar refractivity (Wildman–Crippen MR) is 105 cm³/mol. The molecule has 0 bridgehead atoms. The molecule has 0 heterocycles. The number of benzene rings is 2. The Kier molecular flexibility index (Phi) is 7.35. The van der Waals surface area contributed by atoms with Gasteiger partial charge in [0, 0.05) is 5.69 Å². The lowest BCUT2D eigenvalue weighted by atomic mass is 10.2. The van der Waals surface area contributed by atoms with Gasteiger partial charge in [0.2, 0.25) is 0 Å². The quantitative estimate of drug-likeness (QED) is 0.427. The van der Waals surface area contributed by atoms with Gasteiger partial charge in [-0.1, -0.05) is 19.1 Å². The third kappa shape index (κ3) is 6.00. The van der Waals surface area contributed by atoms with Crippen LogP contribution in [0.1, 0.15) is 24.5 Å². The Morgan fingerprint density at radius 1 is 1.19 bits per heavy atom. The highest BCUT2D eigenvalue weighted by molar-refractivity contribution is 9.10. The standard InChI is InChI=1S/C19H20BrN3O3/c1-3-9-26-17-8-7-14(11-16(17)20)12-21-23-19(25)18(24)22-15-6-4-5-13(2)10-15/h4-8,10-12H,3,9H2,1-2H3,(H,22,24)(H,23,25)/b21-12-. The molecule has 2 N–H and O–H groups in total. The monoisotopic (exact) mass is 417 g/mol. The van der Waals surface area contributed by atoms with Crippen LogP contribution in [0.25, 0.3) is 0 Å². The van der Waals surface area contributed by atoms with Crippen LogP contribution < -0.4 is 15.5 Å². The van der Waals surface area contributed by atoms with Crippen molar-refractivity contribution in [3.05, 3.63) is 58.1 Å². The molecule has 7 heteroatoms. The van der Waals surface area contributed by atoms with Gasteiger partial charge in [-0.3, -0.25) is 9.59 Å². The van der Waals surface area contributed by atoms with E-state index in [1.54, 1.807) is 24.3 Å². The molecule has 136 valence electrons. The summed E-state index contributed by atoms with van der Waals surface area (Å²) < 4.78 is 6.36. The van der Waals surface area contributed by atoms with Gasteiger partial charge in [-0.2, -0.15) is 5.10 Å². The zero-order valence-electron chi connectivity index (χ0n) is 14.6. The fourth-order valence-corrected chi connectivity index (χ4v) is 2.56. The number of carbonyl (C=O) groups excluding carboxylic acids is 2. The van der Waals surface area contributed by atoms with Crippen molar-refractivity contribution < 1.29 is 14.3 Å². The number of nitrogens with zero attached hydrogens (tertiary/aromatic N) is 1. The van der Waals surface area contributed by atoms with E-state index >= 15 is 0 Å². The average Bonchev–Trinajstić information content (AvgIpc) is 2.61. The molecule has 0 unspecified atom stereocenters. The van der Waals surface area contributed by atoms with Crippen molar-refractivity contribution >= 4 is 39.6 Å². The number of carbonyl (C=O) groups is 2. The van der Waals surface area contributed by atoms with Crippen LogP contribution in [0, 0.1) is 6.92 Å². The molecule has 0 spiro atoms. The number of aryl methyl sites for hydroxylation is 1. The molecule has 0 aliphatic carbocycles. The summed E-state index contributed by atoms with van der Waals surface area (Å²) in [6.45, 7) is 4.57. The summed E-state index contributed by atoms with van der Waals surface area (Å²) in [5, 5.41) is 6.33. The van der Waals surface area contributed by atoms with Crippen LogP contribution in [-0.2, 0) is 9.59 Å². The maximum atomic E-state index is 11.8. The van der Waals surface area contributed by atoms with E-state index < -0.39 is 11.8 Å². The lowest BCUT2D eigenvalue weighted by Gasteiger charge is -2.07. The molecule has 0 atom stereocenters. The lowest BCUT2D eigenvalue weighted by molar-refractivity contribution is -0.136. The van der Waals surface area contributed by atoms with Gasteiger partial charge in [0.05, 0.1) is 17.3 Å². The lowest BCUT2D eigenvalue weighted by Crippen LogP contribution is -2.32. The third-order valence-corrected chi connectivity index (χ3v) is 3.90. The maximum Gasteiger partial charge on any atom is 0.329 e. The molecule has 2 aromatic rings. The van der Waals surface area contributed by atoms with E-state index in [9.17, 15) is 9.59 Å². The second-order valence-electron chi connectivity index (χ2n) is 5.56. The van der Waals surface area contributed by atoms with E-state index in [2.05, 4.69) is 31.8 Å². The Balaban J connectivity index is 1.89. The van der Waals surface area contributed by atoms with Crippen molar-refractivity contribution in [3.63, 3.8) is 0 Å². The first-order valence-electron chi connectivity index (χ1n) is 8.13. The van der Waals surface area contributed by atoms with Crippen LogP contribution >= 0.6 is 15.9 Å². The van der Waals surface area contributed by atoms with Crippen LogP contribution in [-0.4, -0.2) is 24.6 Å². The number of ether oxygens (including phenoxy) is 1. The number of anilines is 1. The molecule has 0 radical (unpaired) electrons. The first-order chi connectivity index (χ1) is 12.5. The van der Waals surface area contributed by atoms with Gasteiger partial charge in [0.1, 0.15) is 5.75 Å². The Hall–Kier alpha value is -2.67. The van der Waals surface area contributed by atoms with Gasteiger partial charge in [-0.05, 0) is 70.7 Å². The molecule has 0 aliphatic heterocycles. The zero-order chi connectivity index (χ0) is 18.9. The molecular weight excluding hydrogens is 398 g/mol. The predicted octanol–water partition coefficient (Wildman–Crippen LogP) is 3.64. The number of hydrazone groups is 1. The summed E-state index contributed by atoms with van der Waals surface area (Å²) in [6, 6.07) is 12.6. The molecule has 0 aromatic heterocycles. The Morgan fingerprint density at radius 2 is 2.00 bits per heavy atom. The summed E-state index contributed by atoms with van der Waals surface area (Å²) in [5.74, 6) is -0.882. The molecule has 0 saturated carbocycles. The molecule has 6 nitrogen and oxygen atoms in total. The zero-order valence-corrected chi connectivity index (χ0v) is 16.2. The average molecular weight is 418 g/mol. The highest BCUT2D eigenvalue weighted by Crippen LogP contribution is 2.25. The largest absolute Gasteiger partial charge is 0.492 e. The number of hydrogen-bond donors (Lipinski definition) is 2. The van der Waals surface area contributed by atoms with Crippen LogP contribution in [0.2, 0.25) is 0 Å². The first kappa shape index (κ1) is 19.7.